The van der Waals surface area contributed by atoms with Gasteiger partial charge >= 0.3 is 0 Å². The average Bonchev–Trinajstić information content (AvgIpc) is 3.12. The van der Waals surface area contributed by atoms with Crippen LogP contribution in [-0.2, 0) is 20.1 Å². The Bertz CT molecular complexity index is 908. The van der Waals surface area contributed by atoms with Crippen molar-refractivity contribution < 1.29 is 9.47 Å². The van der Waals surface area contributed by atoms with Crippen LogP contribution in [0.25, 0.3) is 0 Å². The fraction of sp³-hybridized carbons (Fsp3) is 0.500. The third-order valence-corrected chi connectivity index (χ3v) is 5.51. The quantitative estimate of drug-likeness (QED) is 0.232. The Hall–Kier alpha value is -2.34. The number of nitrogens with zero attached hydrogens (tertiary/aromatic N) is 6. The molecule has 2 heterocycles. The maximum atomic E-state index is 5.53. The van der Waals surface area contributed by atoms with Gasteiger partial charge in [-0.3, -0.25) is 4.90 Å². The molecule has 1 N–H and O–H groups in total. The van der Waals surface area contributed by atoms with Crippen LogP contribution in [0.15, 0.2) is 35.8 Å². The first-order chi connectivity index (χ1) is 15.0. The molecule has 1 aliphatic heterocycles. The monoisotopic (exact) mass is 555 g/mol. The SMILES string of the molecule is C=CCNC(=NCc1nnc(C)n1C)N1CCN(Cc2cc(OC)ccc2OC)CC1.I. The molecule has 0 atom stereocenters. The Kier molecular flexibility index (Phi) is 10.2. The number of benzene rings is 1. The second-order valence-corrected chi connectivity index (χ2v) is 7.47. The van der Waals surface area contributed by atoms with E-state index in [0.29, 0.717) is 13.1 Å². The molecule has 0 unspecified atom stereocenters. The molecule has 0 saturated carbocycles. The van der Waals surface area contributed by atoms with Gasteiger partial charge in [0.15, 0.2) is 11.8 Å². The van der Waals surface area contributed by atoms with Crippen molar-refractivity contribution >= 4 is 29.9 Å². The third-order valence-electron chi connectivity index (χ3n) is 5.51. The lowest BCUT2D eigenvalue weighted by atomic mass is 10.1. The molecule has 1 saturated heterocycles. The number of ether oxygens (including phenoxy) is 2. The minimum Gasteiger partial charge on any atom is -0.497 e. The van der Waals surface area contributed by atoms with Gasteiger partial charge in [-0.15, -0.1) is 40.8 Å². The molecule has 10 heteroatoms. The molecular weight excluding hydrogens is 521 g/mol. The zero-order chi connectivity index (χ0) is 22.2. The number of aliphatic imine (C=N–C) groups is 1. The van der Waals surface area contributed by atoms with Crippen molar-refractivity contribution in [3.8, 4) is 11.5 Å². The molecule has 3 rings (SSSR count). The Labute approximate surface area is 207 Å². The molecule has 0 aliphatic carbocycles. The molecule has 0 bridgehead atoms. The summed E-state index contributed by atoms with van der Waals surface area (Å²) in [7, 11) is 5.35. The van der Waals surface area contributed by atoms with Gasteiger partial charge in [0.2, 0.25) is 0 Å². The lowest BCUT2D eigenvalue weighted by Crippen LogP contribution is -2.52. The van der Waals surface area contributed by atoms with Crippen molar-refractivity contribution in [1.82, 2.24) is 29.9 Å². The summed E-state index contributed by atoms with van der Waals surface area (Å²) in [5.74, 6) is 4.33. The van der Waals surface area contributed by atoms with E-state index in [4.69, 9.17) is 14.5 Å². The number of piperazine rings is 1. The molecule has 0 amide bonds. The van der Waals surface area contributed by atoms with E-state index in [1.807, 2.05) is 42.8 Å². The highest BCUT2D eigenvalue weighted by atomic mass is 127. The number of rotatable bonds is 8. The van der Waals surface area contributed by atoms with E-state index in [9.17, 15) is 0 Å². The summed E-state index contributed by atoms with van der Waals surface area (Å²) in [6.07, 6.45) is 1.84. The topological polar surface area (TPSA) is 80.0 Å². The molecule has 32 heavy (non-hydrogen) atoms. The van der Waals surface area contributed by atoms with Gasteiger partial charge in [0.1, 0.15) is 23.9 Å². The molecule has 0 radical (unpaired) electrons. The predicted octanol–water partition coefficient (Wildman–Crippen LogP) is 2.21. The summed E-state index contributed by atoms with van der Waals surface area (Å²) >= 11 is 0. The van der Waals surface area contributed by atoms with Crippen molar-refractivity contribution in [3.05, 3.63) is 48.1 Å². The number of aromatic nitrogens is 3. The summed E-state index contributed by atoms with van der Waals surface area (Å²) in [5, 5.41) is 11.7. The predicted molar refractivity (Wildman–Crippen MR) is 137 cm³/mol. The summed E-state index contributed by atoms with van der Waals surface area (Å²) in [4.78, 5) is 9.50. The maximum Gasteiger partial charge on any atom is 0.194 e. The van der Waals surface area contributed by atoms with Gasteiger partial charge in [-0.25, -0.2) is 4.99 Å². The Morgan fingerprint density at radius 3 is 2.53 bits per heavy atom. The fourth-order valence-electron chi connectivity index (χ4n) is 3.53. The normalized spacial score (nSPS) is 14.6. The number of hydrogen-bond donors (Lipinski definition) is 1. The van der Waals surface area contributed by atoms with Crippen LogP contribution in [0.1, 0.15) is 17.2 Å². The van der Waals surface area contributed by atoms with Gasteiger partial charge in [-0.2, -0.15) is 0 Å². The minimum atomic E-state index is 0. The third kappa shape index (κ3) is 6.58. The van der Waals surface area contributed by atoms with E-state index in [1.165, 1.54) is 0 Å². The highest BCUT2D eigenvalue weighted by Gasteiger charge is 2.21. The standard InChI is InChI=1S/C22H33N7O2.HI/c1-6-9-23-22(24-15-21-26-25-17(2)27(21)3)29-12-10-28(11-13-29)16-18-14-19(30-4)7-8-20(18)31-5;/h6-8,14H,1,9-13,15-16H2,2-5H3,(H,23,24);1H. The van der Waals surface area contributed by atoms with Gasteiger partial charge in [0, 0.05) is 51.9 Å². The largest absolute Gasteiger partial charge is 0.497 e. The molecule has 1 aliphatic rings. The summed E-state index contributed by atoms with van der Waals surface area (Å²) < 4.78 is 12.9. The van der Waals surface area contributed by atoms with E-state index >= 15 is 0 Å². The molecule has 2 aromatic rings. The number of hydrogen-bond acceptors (Lipinski definition) is 6. The van der Waals surface area contributed by atoms with Crippen LogP contribution < -0.4 is 14.8 Å². The average molecular weight is 555 g/mol. The second kappa shape index (κ2) is 12.6. The zero-order valence-electron chi connectivity index (χ0n) is 19.4. The van der Waals surface area contributed by atoms with E-state index < -0.39 is 0 Å². The molecule has 1 aromatic carbocycles. The number of methoxy groups -OCH3 is 2. The van der Waals surface area contributed by atoms with Gasteiger partial charge < -0.3 is 24.3 Å². The molecule has 176 valence electrons. The number of halogens is 1. The fourth-order valence-corrected chi connectivity index (χ4v) is 3.53. The molecular formula is C22H34IN7O2. The number of aryl methyl sites for hydroxylation is 1. The molecule has 1 fully saturated rings. The van der Waals surface area contributed by atoms with Crippen molar-refractivity contribution in [1.29, 1.82) is 0 Å². The van der Waals surface area contributed by atoms with E-state index in [0.717, 1.165) is 67.4 Å². The lowest BCUT2D eigenvalue weighted by Gasteiger charge is -2.36. The molecule has 1 aromatic heterocycles. The number of nitrogens with one attached hydrogen (secondary N) is 1. The molecule has 9 nitrogen and oxygen atoms in total. The van der Waals surface area contributed by atoms with Crippen LogP contribution >= 0.6 is 24.0 Å². The maximum absolute atomic E-state index is 5.53. The van der Waals surface area contributed by atoms with Gasteiger partial charge in [0.25, 0.3) is 0 Å². The van der Waals surface area contributed by atoms with Gasteiger partial charge in [-0.05, 0) is 25.1 Å². The first kappa shape index (κ1) is 25.9. The Morgan fingerprint density at radius 2 is 1.94 bits per heavy atom. The van der Waals surface area contributed by atoms with Crippen molar-refractivity contribution in [3.63, 3.8) is 0 Å². The highest BCUT2D eigenvalue weighted by Crippen LogP contribution is 2.25. The van der Waals surface area contributed by atoms with Gasteiger partial charge in [0.05, 0.1) is 14.2 Å². The summed E-state index contributed by atoms with van der Waals surface area (Å²) in [6.45, 7) is 11.3. The summed E-state index contributed by atoms with van der Waals surface area (Å²) in [5.41, 5.74) is 1.13. The second-order valence-electron chi connectivity index (χ2n) is 7.47. The van der Waals surface area contributed by atoms with Crippen molar-refractivity contribution in [2.45, 2.75) is 20.0 Å². The lowest BCUT2D eigenvalue weighted by molar-refractivity contribution is 0.171. The summed E-state index contributed by atoms with van der Waals surface area (Å²) in [6, 6.07) is 5.93. The Balaban J connectivity index is 0.00000363. The van der Waals surface area contributed by atoms with E-state index in [-0.39, 0.29) is 24.0 Å². The molecule has 0 spiro atoms. The van der Waals surface area contributed by atoms with Crippen LogP contribution in [0.4, 0.5) is 0 Å². The number of guanidine groups is 1. The first-order valence-corrected chi connectivity index (χ1v) is 10.5. The van der Waals surface area contributed by atoms with Crippen molar-refractivity contribution in [2.75, 3.05) is 46.9 Å². The highest BCUT2D eigenvalue weighted by molar-refractivity contribution is 14.0. The smallest absolute Gasteiger partial charge is 0.194 e. The van der Waals surface area contributed by atoms with Crippen LogP contribution in [0.3, 0.4) is 0 Å². The Morgan fingerprint density at radius 1 is 1.19 bits per heavy atom. The van der Waals surface area contributed by atoms with Crippen LogP contribution in [0.5, 0.6) is 11.5 Å². The zero-order valence-corrected chi connectivity index (χ0v) is 21.7. The van der Waals surface area contributed by atoms with Crippen LogP contribution in [-0.4, -0.2) is 77.5 Å². The van der Waals surface area contributed by atoms with Crippen LogP contribution in [0.2, 0.25) is 0 Å². The van der Waals surface area contributed by atoms with Crippen molar-refractivity contribution in [2.24, 2.45) is 12.0 Å². The van der Waals surface area contributed by atoms with E-state index in [1.54, 1.807) is 14.2 Å². The van der Waals surface area contributed by atoms with Gasteiger partial charge in [-0.1, -0.05) is 6.08 Å². The van der Waals surface area contributed by atoms with Crippen LogP contribution in [0, 0.1) is 6.92 Å². The van der Waals surface area contributed by atoms with E-state index in [2.05, 4.69) is 31.9 Å². The minimum absolute atomic E-state index is 0. The first-order valence-electron chi connectivity index (χ1n) is 10.5.